The molecular weight excluding hydrogens is 266 g/mol. The van der Waals surface area contributed by atoms with Crippen molar-refractivity contribution in [2.75, 3.05) is 33.9 Å². The highest BCUT2D eigenvalue weighted by molar-refractivity contribution is 5.79. The highest BCUT2D eigenvalue weighted by Crippen LogP contribution is 2.20. The van der Waals surface area contributed by atoms with E-state index in [2.05, 4.69) is 47.7 Å². The van der Waals surface area contributed by atoms with E-state index in [-0.39, 0.29) is 0 Å². The van der Waals surface area contributed by atoms with Gasteiger partial charge in [0.1, 0.15) is 12.4 Å². The number of benzene rings is 1. The smallest absolute Gasteiger partial charge is 0.191 e. The van der Waals surface area contributed by atoms with Crippen molar-refractivity contribution in [1.82, 2.24) is 10.6 Å². The summed E-state index contributed by atoms with van der Waals surface area (Å²) in [5.41, 5.74) is 2.29. The lowest BCUT2D eigenvalue weighted by atomic mass is 10.1. The first-order valence-electron chi connectivity index (χ1n) is 7.37. The number of ether oxygens (including phenoxy) is 2. The monoisotopic (exact) mass is 293 g/mol. The Bertz CT molecular complexity index is 447. The molecule has 21 heavy (non-hydrogen) atoms. The van der Waals surface area contributed by atoms with Gasteiger partial charge in [-0.2, -0.15) is 0 Å². The van der Waals surface area contributed by atoms with Crippen LogP contribution < -0.4 is 15.4 Å². The third-order valence-electron chi connectivity index (χ3n) is 2.98. The topological polar surface area (TPSA) is 54.9 Å². The van der Waals surface area contributed by atoms with Gasteiger partial charge in [-0.15, -0.1) is 0 Å². The van der Waals surface area contributed by atoms with Crippen molar-refractivity contribution in [1.29, 1.82) is 0 Å². The summed E-state index contributed by atoms with van der Waals surface area (Å²) in [5.74, 6) is 1.70. The highest BCUT2D eigenvalue weighted by Gasteiger charge is 2.05. The van der Waals surface area contributed by atoms with Crippen molar-refractivity contribution in [2.45, 2.75) is 26.8 Å². The lowest BCUT2D eigenvalue weighted by molar-refractivity contribution is 0.145. The van der Waals surface area contributed by atoms with Gasteiger partial charge < -0.3 is 20.1 Å². The Balaban J connectivity index is 2.64. The van der Waals surface area contributed by atoms with Crippen molar-refractivity contribution in [3.05, 3.63) is 29.3 Å². The van der Waals surface area contributed by atoms with Gasteiger partial charge in [-0.25, -0.2) is 0 Å². The van der Waals surface area contributed by atoms with Gasteiger partial charge in [0, 0.05) is 32.8 Å². The molecule has 1 aromatic carbocycles. The average molecular weight is 293 g/mol. The summed E-state index contributed by atoms with van der Waals surface area (Å²) >= 11 is 0. The Kier molecular flexibility index (Phi) is 8.28. The fraction of sp³-hybridized carbons (Fsp3) is 0.562. The van der Waals surface area contributed by atoms with Gasteiger partial charge in [-0.1, -0.05) is 19.1 Å². The van der Waals surface area contributed by atoms with E-state index in [1.54, 1.807) is 14.2 Å². The largest absolute Gasteiger partial charge is 0.491 e. The molecule has 118 valence electrons. The number of nitrogens with zero attached hydrogens (tertiary/aromatic N) is 1. The molecule has 0 bridgehead atoms. The Labute approximate surface area is 127 Å². The lowest BCUT2D eigenvalue weighted by Crippen LogP contribution is -2.37. The standard InChI is InChI=1S/C16H27N3O2/c1-5-8-18-16(17-3)19-12-14-7-6-13(2)11-15(14)21-10-9-20-4/h6-7,11H,5,8-10,12H2,1-4H3,(H2,17,18,19). The molecule has 0 saturated carbocycles. The minimum absolute atomic E-state index is 0.551. The quantitative estimate of drug-likeness (QED) is 0.438. The average Bonchev–Trinajstić information content (AvgIpc) is 2.49. The van der Waals surface area contributed by atoms with Crippen LogP contribution in [-0.2, 0) is 11.3 Å². The van der Waals surface area contributed by atoms with Crippen molar-refractivity contribution < 1.29 is 9.47 Å². The van der Waals surface area contributed by atoms with Gasteiger partial charge in [-0.05, 0) is 25.0 Å². The van der Waals surface area contributed by atoms with Gasteiger partial charge >= 0.3 is 0 Å². The molecule has 0 spiro atoms. The van der Waals surface area contributed by atoms with Crippen molar-refractivity contribution >= 4 is 5.96 Å². The molecule has 0 aliphatic rings. The molecule has 1 aromatic rings. The summed E-state index contributed by atoms with van der Waals surface area (Å²) in [6.07, 6.45) is 1.07. The number of methoxy groups -OCH3 is 1. The Morgan fingerprint density at radius 2 is 2.05 bits per heavy atom. The first kappa shape index (κ1) is 17.3. The number of aryl methyl sites for hydroxylation is 1. The Morgan fingerprint density at radius 3 is 2.71 bits per heavy atom. The molecule has 0 saturated heterocycles. The molecule has 0 heterocycles. The maximum Gasteiger partial charge on any atom is 0.191 e. The van der Waals surface area contributed by atoms with Crippen LogP contribution in [0, 0.1) is 6.92 Å². The first-order chi connectivity index (χ1) is 10.2. The number of nitrogens with one attached hydrogen (secondary N) is 2. The molecule has 5 nitrogen and oxygen atoms in total. The van der Waals surface area contributed by atoms with Crippen LogP contribution in [0.15, 0.2) is 23.2 Å². The summed E-state index contributed by atoms with van der Waals surface area (Å²) in [6, 6.07) is 6.22. The fourth-order valence-electron chi connectivity index (χ4n) is 1.82. The zero-order valence-corrected chi connectivity index (χ0v) is 13.5. The predicted octanol–water partition coefficient (Wildman–Crippen LogP) is 2.10. The summed E-state index contributed by atoms with van der Waals surface area (Å²) in [4.78, 5) is 4.20. The van der Waals surface area contributed by atoms with Crippen LogP contribution >= 0.6 is 0 Å². The van der Waals surface area contributed by atoms with Crippen LogP contribution in [0.3, 0.4) is 0 Å². The summed E-state index contributed by atoms with van der Waals surface area (Å²) in [6.45, 7) is 6.90. The van der Waals surface area contributed by atoms with E-state index in [0.717, 1.165) is 30.2 Å². The van der Waals surface area contributed by atoms with Crippen LogP contribution in [0.1, 0.15) is 24.5 Å². The number of aliphatic imine (C=N–C) groups is 1. The van der Waals surface area contributed by atoms with E-state index in [1.165, 1.54) is 5.56 Å². The van der Waals surface area contributed by atoms with E-state index in [4.69, 9.17) is 9.47 Å². The first-order valence-corrected chi connectivity index (χ1v) is 7.37. The van der Waals surface area contributed by atoms with Crippen LogP contribution in [0.4, 0.5) is 0 Å². The van der Waals surface area contributed by atoms with Crippen LogP contribution in [0.5, 0.6) is 5.75 Å². The molecule has 0 fully saturated rings. The number of guanidine groups is 1. The van der Waals surface area contributed by atoms with Crippen LogP contribution in [0.25, 0.3) is 0 Å². The van der Waals surface area contributed by atoms with E-state index in [0.29, 0.717) is 19.8 Å². The van der Waals surface area contributed by atoms with E-state index < -0.39 is 0 Å². The maximum atomic E-state index is 5.78. The minimum atomic E-state index is 0.551. The molecular formula is C16H27N3O2. The molecule has 0 radical (unpaired) electrons. The second-order valence-electron chi connectivity index (χ2n) is 4.80. The normalized spacial score (nSPS) is 11.3. The second kappa shape index (κ2) is 10.0. The number of hydrogen-bond acceptors (Lipinski definition) is 3. The fourth-order valence-corrected chi connectivity index (χ4v) is 1.82. The molecule has 0 aliphatic heterocycles. The molecule has 1 rings (SSSR count). The molecule has 0 atom stereocenters. The van der Waals surface area contributed by atoms with E-state index >= 15 is 0 Å². The number of hydrogen-bond donors (Lipinski definition) is 2. The van der Waals surface area contributed by atoms with Crippen molar-refractivity contribution in [2.24, 2.45) is 4.99 Å². The summed E-state index contributed by atoms with van der Waals surface area (Å²) < 4.78 is 10.8. The zero-order chi connectivity index (χ0) is 15.5. The molecule has 0 aliphatic carbocycles. The molecule has 0 aromatic heterocycles. The lowest BCUT2D eigenvalue weighted by Gasteiger charge is -2.15. The number of rotatable bonds is 8. The SMILES string of the molecule is CCCNC(=NC)NCc1ccc(C)cc1OCCOC. The third kappa shape index (κ3) is 6.49. The molecule has 5 heteroatoms. The van der Waals surface area contributed by atoms with Gasteiger partial charge in [0.05, 0.1) is 6.61 Å². The second-order valence-corrected chi connectivity index (χ2v) is 4.80. The molecule has 0 unspecified atom stereocenters. The van der Waals surface area contributed by atoms with E-state index in [1.807, 2.05) is 0 Å². The van der Waals surface area contributed by atoms with Gasteiger partial charge in [-0.3, -0.25) is 4.99 Å². The highest BCUT2D eigenvalue weighted by atomic mass is 16.5. The van der Waals surface area contributed by atoms with E-state index in [9.17, 15) is 0 Å². The molecule has 0 amide bonds. The van der Waals surface area contributed by atoms with Gasteiger partial charge in [0.25, 0.3) is 0 Å². The van der Waals surface area contributed by atoms with Crippen molar-refractivity contribution in [3.63, 3.8) is 0 Å². The zero-order valence-electron chi connectivity index (χ0n) is 13.5. The summed E-state index contributed by atoms with van der Waals surface area (Å²) in [7, 11) is 3.45. The van der Waals surface area contributed by atoms with Gasteiger partial charge in [0.2, 0.25) is 0 Å². The maximum absolute atomic E-state index is 5.78. The van der Waals surface area contributed by atoms with Crippen molar-refractivity contribution in [3.8, 4) is 5.75 Å². The van der Waals surface area contributed by atoms with Gasteiger partial charge in [0.15, 0.2) is 5.96 Å². The summed E-state index contributed by atoms with van der Waals surface area (Å²) in [5, 5.41) is 6.55. The predicted molar refractivity (Wildman–Crippen MR) is 87.0 cm³/mol. The van der Waals surface area contributed by atoms with Crippen LogP contribution in [-0.4, -0.2) is 39.9 Å². The third-order valence-corrected chi connectivity index (χ3v) is 2.98. The minimum Gasteiger partial charge on any atom is -0.491 e. The van der Waals surface area contributed by atoms with Crippen LogP contribution in [0.2, 0.25) is 0 Å². The Morgan fingerprint density at radius 1 is 1.24 bits per heavy atom. The Hall–Kier alpha value is -1.75. The molecule has 2 N–H and O–H groups in total.